The normalized spacial score (nSPS) is 20.9. The molecular formula is C11H15MgO2+2. The molecule has 0 spiro atoms. The van der Waals surface area contributed by atoms with Gasteiger partial charge in [-0.1, -0.05) is 18.2 Å². The topological polar surface area (TPSA) is 29.5 Å². The molecule has 0 bridgehead atoms. The quantitative estimate of drug-likeness (QED) is 0.637. The van der Waals surface area contributed by atoms with Crippen LogP contribution in [0.1, 0.15) is 19.3 Å². The molecule has 1 aliphatic rings. The predicted molar refractivity (Wildman–Crippen MR) is 57.6 cm³/mol. The highest BCUT2D eigenvalue weighted by atomic mass is 24.4. The highest BCUT2D eigenvalue weighted by Crippen LogP contribution is 2.08. The van der Waals surface area contributed by atoms with Gasteiger partial charge in [0.05, 0.1) is 0 Å². The Bertz CT molecular complexity index is 232. The summed E-state index contributed by atoms with van der Waals surface area (Å²) in [6.07, 6.45) is 2.58. The Kier molecular flexibility index (Phi) is 6.19. The van der Waals surface area contributed by atoms with E-state index in [1.807, 2.05) is 39.9 Å². The second-order valence-electron chi connectivity index (χ2n) is 3.31. The lowest BCUT2D eigenvalue weighted by Crippen LogP contribution is -2.17. The number of hydrogen-bond acceptors (Lipinski definition) is 2. The maximum Gasteiger partial charge on any atom is 1.47 e. The second-order valence-corrected chi connectivity index (χ2v) is 4.12. The number of hydrogen-bond donors (Lipinski definition) is 1. The number of benzene rings is 1. The molecule has 1 N–H and O–H groups in total. The number of aliphatic hydroxyl groups excluding tert-OH is 1. The SMILES string of the molecule is OC1CCCCO1.[Mg+2][c]1ccccc1. The van der Waals surface area contributed by atoms with E-state index in [0.717, 1.165) is 25.9 Å². The van der Waals surface area contributed by atoms with Crippen molar-refractivity contribution in [3.63, 3.8) is 0 Å². The van der Waals surface area contributed by atoms with Crippen LogP contribution in [0, 0.1) is 0 Å². The summed E-state index contributed by atoms with van der Waals surface area (Å²) in [4.78, 5) is 0. The zero-order chi connectivity index (χ0) is 10.2. The molecule has 0 saturated carbocycles. The molecule has 1 heterocycles. The molecule has 2 nitrogen and oxygen atoms in total. The molecule has 0 aliphatic carbocycles. The standard InChI is InChI=1S/C6H5.C5H10O2.Mg/c1-2-4-6-5-3-1;6-5-3-1-2-4-7-5;/h1-5H;5-6H,1-4H2;/q;;+2. The third-order valence-electron chi connectivity index (χ3n) is 2.00. The van der Waals surface area contributed by atoms with Crippen molar-refractivity contribution in [2.75, 3.05) is 6.61 Å². The lowest BCUT2D eigenvalue weighted by Gasteiger charge is -2.16. The van der Waals surface area contributed by atoms with Crippen LogP contribution in [0.3, 0.4) is 0 Å². The van der Waals surface area contributed by atoms with E-state index < -0.39 is 6.29 Å². The number of aliphatic hydroxyl groups is 1. The molecule has 0 aromatic heterocycles. The first-order valence-electron chi connectivity index (χ1n) is 4.96. The molecule has 0 amide bonds. The molecule has 7 radical (unpaired) electrons. The van der Waals surface area contributed by atoms with E-state index in [2.05, 4.69) is 12.1 Å². The Morgan fingerprint density at radius 2 is 1.93 bits per heavy atom. The third kappa shape index (κ3) is 5.60. The number of rotatable bonds is 0. The molecule has 1 saturated heterocycles. The average molecular weight is 204 g/mol. The summed E-state index contributed by atoms with van der Waals surface area (Å²) >= 11 is 1.90. The van der Waals surface area contributed by atoms with Gasteiger partial charge in [-0.2, -0.15) is 0 Å². The van der Waals surface area contributed by atoms with Gasteiger partial charge in [-0.15, -0.1) is 0 Å². The van der Waals surface area contributed by atoms with Gasteiger partial charge in [0, 0.05) is 18.7 Å². The van der Waals surface area contributed by atoms with E-state index in [4.69, 9.17) is 9.84 Å². The van der Waals surface area contributed by atoms with Crippen molar-refractivity contribution in [2.45, 2.75) is 25.6 Å². The van der Waals surface area contributed by atoms with E-state index in [0.29, 0.717) is 0 Å². The minimum Gasteiger partial charge on any atom is -0.368 e. The first-order chi connectivity index (χ1) is 6.79. The molecule has 1 aliphatic heterocycles. The van der Waals surface area contributed by atoms with Crippen LogP contribution >= 0.6 is 0 Å². The second kappa shape index (κ2) is 7.23. The van der Waals surface area contributed by atoms with Crippen molar-refractivity contribution in [3.8, 4) is 0 Å². The maximum atomic E-state index is 8.69. The van der Waals surface area contributed by atoms with Gasteiger partial charge < -0.3 is 9.84 Å². The molecule has 1 aromatic carbocycles. The molecule has 71 valence electrons. The number of ether oxygens (including phenoxy) is 1. The van der Waals surface area contributed by atoms with Crippen molar-refractivity contribution in [1.29, 1.82) is 0 Å². The molecule has 1 fully saturated rings. The van der Waals surface area contributed by atoms with Crippen LogP contribution in [0.5, 0.6) is 0 Å². The highest BCUT2D eigenvalue weighted by Gasteiger charge is 2.28. The van der Waals surface area contributed by atoms with Gasteiger partial charge in [0.25, 0.3) is 0 Å². The van der Waals surface area contributed by atoms with Gasteiger partial charge >= 0.3 is 25.4 Å². The smallest absolute Gasteiger partial charge is 0.368 e. The summed E-state index contributed by atoms with van der Waals surface area (Å²) in [5, 5.41) is 8.69. The van der Waals surface area contributed by atoms with E-state index >= 15 is 0 Å². The van der Waals surface area contributed by atoms with Gasteiger partial charge in [0.2, 0.25) is 0 Å². The minimum atomic E-state index is -0.464. The van der Waals surface area contributed by atoms with Crippen LogP contribution < -0.4 is 3.69 Å². The van der Waals surface area contributed by atoms with E-state index in [9.17, 15) is 0 Å². The van der Waals surface area contributed by atoms with E-state index in [1.54, 1.807) is 0 Å². The molecule has 3 heteroatoms. The van der Waals surface area contributed by atoms with Crippen LogP contribution in [-0.4, -0.2) is 39.7 Å². The zero-order valence-electron chi connectivity index (χ0n) is 8.36. The third-order valence-corrected chi connectivity index (χ3v) is 2.47. The summed E-state index contributed by atoms with van der Waals surface area (Å²) in [6, 6.07) is 10.3. The van der Waals surface area contributed by atoms with Gasteiger partial charge in [-0.3, -0.25) is 0 Å². The van der Waals surface area contributed by atoms with Crippen LogP contribution in [0.2, 0.25) is 0 Å². The monoisotopic (exact) mass is 203 g/mol. The maximum absolute atomic E-state index is 8.69. The molecule has 1 atom stereocenters. The van der Waals surface area contributed by atoms with Crippen molar-refractivity contribution in [1.82, 2.24) is 0 Å². The Morgan fingerprint density at radius 1 is 1.21 bits per heavy atom. The summed E-state index contributed by atoms with van der Waals surface area (Å²) < 4.78 is 6.18. The Balaban J connectivity index is 0.000000140. The van der Waals surface area contributed by atoms with Crippen LogP contribution in [0.25, 0.3) is 0 Å². The van der Waals surface area contributed by atoms with Crippen molar-refractivity contribution in [3.05, 3.63) is 30.3 Å². The van der Waals surface area contributed by atoms with Gasteiger partial charge in [0.15, 0.2) is 6.29 Å². The summed E-state index contributed by atoms with van der Waals surface area (Å²) in [6.45, 7) is 0.737. The summed E-state index contributed by atoms with van der Waals surface area (Å²) in [5.74, 6) is 0. The summed E-state index contributed by atoms with van der Waals surface area (Å²) in [7, 11) is 0. The van der Waals surface area contributed by atoms with Crippen molar-refractivity contribution >= 4 is 25.4 Å². The Hall–Kier alpha value is -0.0938. The molecule has 14 heavy (non-hydrogen) atoms. The highest BCUT2D eigenvalue weighted by molar-refractivity contribution is 6.32. The largest absolute Gasteiger partial charge is 1.47 e. The lowest BCUT2D eigenvalue weighted by molar-refractivity contribution is -0.123. The van der Waals surface area contributed by atoms with Gasteiger partial charge in [-0.05, 0) is 19.3 Å². The van der Waals surface area contributed by atoms with Crippen molar-refractivity contribution in [2.24, 2.45) is 0 Å². The van der Waals surface area contributed by atoms with Gasteiger partial charge in [0.1, 0.15) is 0 Å². The summed E-state index contributed by atoms with van der Waals surface area (Å²) in [5.41, 5.74) is 0. The fourth-order valence-electron chi connectivity index (χ4n) is 1.20. The van der Waals surface area contributed by atoms with Crippen LogP contribution in [0.4, 0.5) is 0 Å². The van der Waals surface area contributed by atoms with E-state index in [1.165, 1.54) is 3.69 Å². The Labute approximate surface area is 97.7 Å². The molecule has 1 unspecified atom stereocenters. The van der Waals surface area contributed by atoms with Crippen LogP contribution in [0.15, 0.2) is 30.3 Å². The minimum absolute atomic E-state index is 0.464. The van der Waals surface area contributed by atoms with E-state index in [-0.39, 0.29) is 0 Å². The molecule has 2 rings (SSSR count). The zero-order valence-corrected chi connectivity index (χ0v) is 9.77. The van der Waals surface area contributed by atoms with Crippen molar-refractivity contribution < 1.29 is 9.84 Å². The Morgan fingerprint density at radius 3 is 2.21 bits per heavy atom. The first kappa shape index (κ1) is 12.0. The fourth-order valence-corrected chi connectivity index (χ4v) is 1.47. The molecular weight excluding hydrogens is 188 g/mol. The average Bonchev–Trinajstić information content (AvgIpc) is 2.21. The first-order valence-corrected chi connectivity index (χ1v) is 5.66. The van der Waals surface area contributed by atoms with Gasteiger partial charge in [-0.25, -0.2) is 0 Å². The lowest BCUT2D eigenvalue weighted by atomic mass is 10.2. The predicted octanol–water partition coefficient (Wildman–Crippen LogP) is 0.986. The molecule has 1 aromatic rings. The van der Waals surface area contributed by atoms with Crippen LogP contribution in [-0.2, 0) is 4.74 Å². The fraction of sp³-hybridized carbons (Fsp3) is 0.455.